The largest absolute Gasteiger partial charge is 0.466 e. The minimum absolute atomic E-state index is 0.0401. The maximum atomic E-state index is 13.2. The third-order valence-electron chi connectivity index (χ3n) is 4.53. The van der Waals surface area contributed by atoms with Crippen molar-refractivity contribution in [2.45, 2.75) is 13.1 Å². The van der Waals surface area contributed by atoms with Crippen molar-refractivity contribution in [3.8, 4) is 0 Å². The molecule has 164 valence electrons. The Labute approximate surface area is 171 Å². The molecular formula is C19H22F3N3O5. The molecule has 0 atom stereocenters. The van der Waals surface area contributed by atoms with Crippen LogP contribution in [-0.4, -0.2) is 63.1 Å². The molecule has 1 amide bonds. The topological polar surface area (TPSA) is 88.2 Å². The van der Waals surface area contributed by atoms with Gasteiger partial charge in [0.1, 0.15) is 5.70 Å². The van der Waals surface area contributed by atoms with Gasteiger partial charge < -0.3 is 24.6 Å². The van der Waals surface area contributed by atoms with E-state index in [0.29, 0.717) is 31.9 Å². The zero-order chi connectivity index (χ0) is 22.5. The van der Waals surface area contributed by atoms with Crippen molar-refractivity contribution in [2.24, 2.45) is 0 Å². The van der Waals surface area contributed by atoms with Crippen LogP contribution in [0.25, 0.3) is 0 Å². The van der Waals surface area contributed by atoms with Gasteiger partial charge in [-0.2, -0.15) is 13.2 Å². The first-order valence-corrected chi connectivity index (χ1v) is 8.93. The number of nitrogens with zero attached hydrogens (tertiary/aromatic N) is 2. The van der Waals surface area contributed by atoms with Crippen LogP contribution in [0, 0.1) is 0 Å². The second-order valence-corrected chi connectivity index (χ2v) is 6.42. The summed E-state index contributed by atoms with van der Waals surface area (Å²) in [6.45, 7) is 3.01. The molecule has 1 saturated heterocycles. The van der Waals surface area contributed by atoms with Gasteiger partial charge >= 0.3 is 18.1 Å². The highest BCUT2D eigenvalue weighted by atomic mass is 19.4. The summed E-state index contributed by atoms with van der Waals surface area (Å²) in [5.41, 5.74) is -0.974. The molecule has 0 spiro atoms. The summed E-state index contributed by atoms with van der Waals surface area (Å²) < 4.78 is 48.8. The van der Waals surface area contributed by atoms with Crippen LogP contribution in [0.1, 0.15) is 12.5 Å². The van der Waals surface area contributed by atoms with Crippen LogP contribution in [0.5, 0.6) is 0 Å². The normalized spacial score (nSPS) is 14.9. The first kappa shape index (κ1) is 23.0. The summed E-state index contributed by atoms with van der Waals surface area (Å²) in [4.78, 5) is 38.5. The number of ether oxygens (including phenoxy) is 2. The Hall–Kier alpha value is -3.24. The highest BCUT2D eigenvalue weighted by Crippen LogP contribution is 2.36. The number of carbonyl (C=O) groups excluding carboxylic acids is 3. The molecule has 0 saturated carbocycles. The van der Waals surface area contributed by atoms with E-state index in [1.54, 1.807) is 9.80 Å². The van der Waals surface area contributed by atoms with Crippen molar-refractivity contribution in [3.05, 3.63) is 35.5 Å². The van der Waals surface area contributed by atoms with Gasteiger partial charge in [0.05, 0.1) is 37.2 Å². The minimum atomic E-state index is -4.61. The molecule has 11 heteroatoms. The Morgan fingerprint density at radius 3 is 2.20 bits per heavy atom. The van der Waals surface area contributed by atoms with Crippen LogP contribution < -0.4 is 10.2 Å². The molecule has 1 aromatic carbocycles. The maximum Gasteiger partial charge on any atom is 0.416 e. The SMILES string of the molecule is COC(=O)/C=C(/Nc1cc(C(F)(F)F)ccc1N1CCN(C(C)=O)CC1)C(=O)OC. The lowest BCUT2D eigenvalue weighted by Crippen LogP contribution is -2.48. The smallest absolute Gasteiger partial charge is 0.416 e. The molecular weight excluding hydrogens is 407 g/mol. The molecule has 1 fully saturated rings. The first-order valence-electron chi connectivity index (χ1n) is 8.93. The fraction of sp³-hybridized carbons (Fsp3) is 0.421. The molecule has 30 heavy (non-hydrogen) atoms. The van der Waals surface area contributed by atoms with Crippen LogP contribution in [-0.2, 0) is 30.0 Å². The van der Waals surface area contributed by atoms with E-state index in [1.807, 2.05) is 0 Å². The fourth-order valence-electron chi connectivity index (χ4n) is 2.93. The maximum absolute atomic E-state index is 13.2. The molecule has 0 bridgehead atoms. The monoisotopic (exact) mass is 429 g/mol. The molecule has 1 aromatic rings. The number of piperazine rings is 1. The van der Waals surface area contributed by atoms with Crippen LogP contribution in [0.4, 0.5) is 24.5 Å². The van der Waals surface area contributed by atoms with Crippen molar-refractivity contribution >= 4 is 29.2 Å². The van der Waals surface area contributed by atoms with Gasteiger partial charge in [0.25, 0.3) is 0 Å². The standard InChI is InChI=1S/C19H22F3N3O5/c1-12(26)24-6-8-25(9-7-24)16-5-4-13(19(20,21)22)10-14(16)23-15(18(28)30-3)11-17(27)29-2/h4-5,10-11,23H,6-9H2,1-3H3/b15-11+. The number of halogens is 3. The van der Waals surface area contributed by atoms with E-state index >= 15 is 0 Å². The van der Waals surface area contributed by atoms with Gasteiger partial charge in [-0.25, -0.2) is 9.59 Å². The third-order valence-corrected chi connectivity index (χ3v) is 4.53. The molecule has 2 rings (SSSR count). The lowest BCUT2D eigenvalue weighted by atomic mass is 10.1. The summed E-state index contributed by atoms with van der Waals surface area (Å²) >= 11 is 0. The number of rotatable bonds is 5. The molecule has 8 nitrogen and oxygen atoms in total. The molecule has 0 aliphatic carbocycles. The first-order chi connectivity index (χ1) is 14.1. The van der Waals surface area contributed by atoms with E-state index in [2.05, 4.69) is 14.8 Å². The lowest BCUT2D eigenvalue weighted by molar-refractivity contribution is -0.138. The molecule has 1 N–H and O–H groups in total. The van der Waals surface area contributed by atoms with Crippen molar-refractivity contribution in [3.63, 3.8) is 0 Å². The van der Waals surface area contributed by atoms with Gasteiger partial charge in [0.15, 0.2) is 0 Å². The zero-order valence-corrected chi connectivity index (χ0v) is 16.7. The number of hydrogen-bond donors (Lipinski definition) is 1. The number of amides is 1. The average molecular weight is 429 g/mol. The summed E-state index contributed by atoms with van der Waals surface area (Å²) in [5.74, 6) is -1.92. The van der Waals surface area contributed by atoms with Crippen LogP contribution in [0.3, 0.4) is 0 Å². The van der Waals surface area contributed by atoms with E-state index in [4.69, 9.17) is 0 Å². The Balaban J connectivity index is 2.44. The fourth-order valence-corrected chi connectivity index (χ4v) is 2.93. The van der Waals surface area contributed by atoms with E-state index in [0.717, 1.165) is 32.4 Å². The lowest BCUT2D eigenvalue weighted by Gasteiger charge is -2.36. The Morgan fingerprint density at radius 1 is 1.07 bits per heavy atom. The third kappa shape index (κ3) is 5.65. The van der Waals surface area contributed by atoms with Crippen molar-refractivity contribution < 1.29 is 37.0 Å². The summed E-state index contributed by atoms with van der Waals surface area (Å²) in [7, 11) is 2.17. The van der Waals surface area contributed by atoms with Crippen molar-refractivity contribution in [1.29, 1.82) is 0 Å². The molecule has 1 aliphatic rings. The van der Waals surface area contributed by atoms with Crippen molar-refractivity contribution in [2.75, 3.05) is 50.6 Å². The van der Waals surface area contributed by atoms with Crippen LogP contribution >= 0.6 is 0 Å². The van der Waals surface area contributed by atoms with E-state index in [1.165, 1.54) is 13.0 Å². The number of anilines is 2. The average Bonchev–Trinajstić information content (AvgIpc) is 2.71. The predicted octanol–water partition coefficient (Wildman–Crippen LogP) is 2.02. The number of benzene rings is 1. The van der Waals surface area contributed by atoms with Gasteiger partial charge in [0.2, 0.25) is 5.91 Å². The summed E-state index contributed by atoms with van der Waals surface area (Å²) in [6.07, 6.45) is -3.82. The van der Waals surface area contributed by atoms with Crippen LogP contribution in [0.15, 0.2) is 30.0 Å². The number of esters is 2. The van der Waals surface area contributed by atoms with Gasteiger partial charge in [-0.05, 0) is 18.2 Å². The second-order valence-electron chi connectivity index (χ2n) is 6.42. The molecule has 1 heterocycles. The number of hydrogen-bond acceptors (Lipinski definition) is 7. The zero-order valence-electron chi connectivity index (χ0n) is 16.7. The van der Waals surface area contributed by atoms with Crippen LogP contribution in [0.2, 0.25) is 0 Å². The summed E-state index contributed by atoms with van der Waals surface area (Å²) in [6, 6.07) is 3.06. The molecule has 0 radical (unpaired) electrons. The number of carbonyl (C=O) groups is 3. The van der Waals surface area contributed by atoms with Gasteiger partial charge in [-0.1, -0.05) is 0 Å². The minimum Gasteiger partial charge on any atom is -0.466 e. The van der Waals surface area contributed by atoms with E-state index in [9.17, 15) is 27.6 Å². The quantitative estimate of drug-likeness (QED) is 0.566. The predicted molar refractivity (Wildman–Crippen MR) is 102 cm³/mol. The highest BCUT2D eigenvalue weighted by molar-refractivity contribution is 5.99. The highest BCUT2D eigenvalue weighted by Gasteiger charge is 2.32. The summed E-state index contributed by atoms with van der Waals surface area (Å²) in [5, 5.41) is 2.57. The number of alkyl halides is 3. The van der Waals surface area contributed by atoms with Gasteiger partial charge in [0, 0.05) is 33.1 Å². The Bertz CT molecular complexity index is 846. The number of methoxy groups -OCH3 is 2. The number of nitrogens with one attached hydrogen (secondary N) is 1. The van der Waals surface area contributed by atoms with E-state index in [-0.39, 0.29) is 17.3 Å². The molecule has 1 aliphatic heterocycles. The Kier molecular flexibility index (Phi) is 7.30. The Morgan fingerprint density at radius 2 is 1.70 bits per heavy atom. The van der Waals surface area contributed by atoms with Gasteiger partial charge in [-0.15, -0.1) is 0 Å². The second kappa shape index (κ2) is 9.51. The van der Waals surface area contributed by atoms with E-state index < -0.39 is 23.7 Å². The molecule has 0 unspecified atom stereocenters. The van der Waals surface area contributed by atoms with Crippen molar-refractivity contribution in [1.82, 2.24) is 4.90 Å². The van der Waals surface area contributed by atoms with Gasteiger partial charge in [-0.3, -0.25) is 4.79 Å². The molecule has 0 aromatic heterocycles.